The third-order valence-corrected chi connectivity index (χ3v) is 4.21. The van der Waals surface area contributed by atoms with Gasteiger partial charge >= 0.3 is 0 Å². The van der Waals surface area contributed by atoms with Crippen molar-refractivity contribution < 1.29 is 4.79 Å². The van der Waals surface area contributed by atoms with Crippen molar-refractivity contribution >= 4 is 24.1 Å². The fourth-order valence-corrected chi connectivity index (χ4v) is 3.42. The highest BCUT2D eigenvalue weighted by Crippen LogP contribution is 2.50. The van der Waals surface area contributed by atoms with Gasteiger partial charge in [-0.3, -0.25) is 4.79 Å². The molecule has 0 fully saturated rings. The normalized spacial score (nSPS) is 26.8. The molecule has 15 heavy (non-hydrogen) atoms. The fraction of sp³-hybridized carbons (Fsp3) is 0.154. The molecule has 0 saturated heterocycles. The zero-order valence-corrected chi connectivity index (χ0v) is 8.91. The number of hydrogen-bond acceptors (Lipinski definition) is 2. The van der Waals surface area contributed by atoms with E-state index in [2.05, 4.69) is 42.5 Å². The Balaban J connectivity index is 2.06. The smallest absolute Gasteiger partial charge is 0.156 e. The lowest BCUT2D eigenvalue weighted by Crippen LogP contribution is -2.06. The maximum absolute atomic E-state index is 10.7. The van der Waals surface area contributed by atoms with Gasteiger partial charge in [0.2, 0.25) is 0 Å². The minimum atomic E-state index is 0.394. The van der Waals surface area contributed by atoms with Crippen LogP contribution in [0.4, 0.5) is 0 Å². The predicted octanol–water partition coefficient (Wildman–Crippen LogP) is 3.20. The highest BCUT2D eigenvalue weighted by molar-refractivity contribution is 8.04. The van der Waals surface area contributed by atoms with Crippen LogP contribution in [-0.2, 0) is 4.79 Å². The number of hydrogen-bond donors (Lipinski definition) is 0. The van der Waals surface area contributed by atoms with Crippen molar-refractivity contribution in [2.45, 2.75) is 5.25 Å². The third kappa shape index (κ3) is 1.37. The van der Waals surface area contributed by atoms with Crippen LogP contribution in [0.15, 0.2) is 41.3 Å². The molecule has 0 unspecified atom stereocenters. The number of benzene rings is 1. The van der Waals surface area contributed by atoms with Gasteiger partial charge in [-0.05, 0) is 11.1 Å². The number of allylic oxidation sites excluding steroid dienone is 3. The van der Waals surface area contributed by atoms with Crippen LogP contribution in [0.5, 0.6) is 0 Å². The van der Waals surface area contributed by atoms with Crippen LogP contribution in [0.2, 0.25) is 0 Å². The van der Waals surface area contributed by atoms with E-state index in [0.29, 0.717) is 11.2 Å². The summed E-state index contributed by atoms with van der Waals surface area (Å²) in [5, 5.41) is 0.409. The number of carbonyl (C=O) groups excluding carboxylic acids is 1. The molecule has 3 rings (SSSR count). The maximum atomic E-state index is 10.7. The average molecular weight is 214 g/mol. The summed E-state index contributed by atoms with van der Waals surface area (Å²) in [5.41, 5.74) is 2.63. The topological polar surface area (TPSA) is 17.1 Å². The van der Waals surface area contributed by atoms with E-state index < -0.39 is 0 Å². The molecule has 1 aromatic rings. The first-order valence-corrected chi connectivity index (χ1v) is 5.87. The van der Waals surface area contributed by atoms with Gasteiger partial charge in [-0.1, -0.05) is 42.5 Å². The molecule has 0 N–H and O–H groups in total. The summed E-state index contributed by atoms with van der Waals surface area (Å²) in [6.45, 7) is 0. The molecular weight excluding hydrogens is 204 g/mol. The first-order valence-electron chi connectivity index (χ1n) is 4.99. The first kappa shape index (κ1) is 8.98. The quantitative estimate of drug-likeness (QED) is 0.668. The van der Waals surface area contributed by atoms with Crippen molar-refractivity contribution in [3.8, 4) is 0 Å². The van der Waals surface area contributed by atoms with Gasteiger partial charge < -0.3 is 0 Å². The monoisotopic (exact) mass is 214 g/mol. The molecule has 74 valence electrons. The Morgan fingerprint density at radius 2 is 2.13 bits per heavy atom. The van der Waals surface area contributed by atoms with E-state index in [1.165, 1.54) is 11.1 Å². The van der Waals surface area contributed by atoms with Crippen LogP contribution in [-0.4, -0.2) is 6.29 Å². The minimum absolute atomic E-state index is 0.394. The van der Waals surface area contributed by atoms with Crippen LogP contribution >= 0.6 is 11.8 Å². The van der Waals surface area contributed by atoms with Crippen LogP contribution < -0.4 is 0 Å². The minimum Gasteiger partial charge on any atom is -0.297 e. The SMILES string of the molecule is O=CC1=C[C@H]2C=Cc3ccccc3[C@@H]2S1. The second-order valence-corrected chi connectivity index (χ2v) is 5.01. The highest BCUT2D eigenvalue weighted by Gasteiger charge is 2.31. The summed E-state index contributed by atoms with van der Waals surface area (Å²) in [6.07, 6.45) is 7.37. The van der Waals surface area contributed by atoms with Crippen molar-refractivity contribution in [2.24, 2.45) is 5.92 Å². The predicted molar refractivity (Wildman–Crippen MR) is 63.4 cm³/mol. The maximum Gasteiger partial charge on any atom is 0.156 e. The van der Waals surface area contributed by atoms with E-state index in [1.54, 1.807) is 11.8 Å². The van der Waals surface area contributed by atoms with E-state index >= 15 is 0 Å². The van der Waals surface area contributed by atoms with E-state index in [0.717, 1.165) is 11.2 Å². The molecular formula is C13H10OS. The van der Waals surface area contributed by atoms with Crippen LogP contribution in [0, 0.1) is 5.92 Å². The zero-order valence-electron chi connectivity index (χ0n) is 8.09. The van der Waals surface area contributed by atoms with Crippen molar-refractivity contribution in [2.75, 3.05) is 0 Å². The van der Waals surface area contributed by atoms with Crippen molar-refractivity contribution in [1.82, 2.24) is 0 Å². The van der Waals surface area contributed by atoms with Crippen molar-refractivity contribution in [3.05, 3.63) is 52.4 Å². The molecule has 0 saturated carbocycles. The summed E-state index contributed by atoms with van der Waals surface area (Å²) in [5.74, 6) is 0.394. The highest BCUT2D eigenvalue weighted by atomic mass is 32.2. The summed E-state index contributed by atoms with van der Waals surface area (Å²) in [7, 11) is 0. The van der Waals surface area contributed by atoms with Gasteiger partial charge in [0.1, 0.15) is 0 Å². The molecule has 1 aliphatic carbocycles. The molecule has 0 aromatic heterocycles. The van der Waals surface area contributed by atoms with Gasteiger partial charge in [0.15, 0.2) is 6.29 Å². The number of thioether (sulfide) groups is 1. The largest absolute Gasteiger partial charge is 0.297 e. The van der Waals surface area contributed by atoms with Gasteiger partial charge in [-0.25, -0.2) is 0 Å². The molecule has 1 heterocycles. The molecule has 1 aromatic carbocycles. The molecule has 0 spiro atoms. The van der Waals surface area contributed by atoms with Gasteiger partial charge in [0.05, 0.1) is 0 Å². The summed E-state index contributed by atoms with van der Waals surface area (Å²) >= 11 is 1.68. The Morgan fingerprint density at radius 3 is 3.00 bits per heavy atom. The van der Waals surface area contributed by atoms with E-state index in [9.17, 15) is 4.79 Å². The Bertz CT molecular complexity index is 473. The second-order valence-electron chi connectivity index (χ2n) is 3.79. The Kier molecular flexibility index (Phi) is 2.03. The fourth-order valence-electron chi connectivity index (χ4n) is 2.17. The molecule has 2 atom stereocenters. The number of rotatable bonds is 1. The zero-order chi connectivity index (χ0) is 10.3. The van der Waals surface area contributed by atoms with Crippen molar-refractivity contribution in [3.63, 3.8) is 0 Å². The lowest BCUT2D eigenvalue weighted by atomic mass is 9.89. The van der Waals surface area contributed by atoms with Gasteiger partial charge in [-0.15, -0.1) is 11.8 Å². The summed E-state index contributed by atoms with van der Waals surface area (Å²) in [4.78, 5) is 11.6. The van der Waals surface area contributed by atoms with E-state index in [1.807, 2.05) is 0 Å². The van der Waals surface area contributed by atoms with E-state index in [-0.39, 0.29) is 0 Å². The molecule has 0 radical (unpaired) electrons. The number of aldehydes is 1. The van der Waals surface area contributed by atoms with Crippen molar-refractivity contribution in [1.29, 1.82) is 0 Å². The Morgan fingerprint density at radius 1 is 1.27 bits per heavy atom. The molecule has 0 amide bonds. The Labute approximate surface area is 92.9 Å². The lowest BCUT2D eigenvalue weighted by molar-refractivity contribution is -0.104. The average Bonchev–Trinajstić information content (AvgIpc) is 2.72. The molecule has 0 bridgehead atoms. The number of carbonyl (C=O) groups is 1. The molecule has 1 aliphatic heterocycles. The summed E-state index contributed by atoms with van der Waals surface area (Å²) < 4.78 is 0. The van der Waals surface area contributed by atoms with Gasteiger partial charge in [0, 0.05) is 16.1 Å². The van der Waals surface area contributed by atoms with E-state index in [4.69, 9.17) is 0 Å². The number of fused-ring (bicyclic) bond motifs is 3. The Hall–Kier alpha value is -1.28. The summed E-state index contributed by atoms with van der Waals surface area (Å²) in [6, 6.07) is 8.40. The van der Waals surface area contributed by atoms with Crippen LogP contribution in [0.25, 0.3) is 6.08 Å². The van der Waals surface area contributed by atoms with Crippen LogP contribution in [0.3, 0.4) is 0 Å². The van der Waals surface area contributed by atoms with Gasteiger partial charge in [-0.2, -0.15) is 0 Å². The lowest BCUT2D eigenvalue weighted by Gasteiger charge is -2.22. The molecule has 2 heteroatoms. The molecule has 2 aliphatic rings. The first-order chi connectivity index (χ1) is 7.38. The third-order valence-electron chi connectivity index (χ3n) is 2.89. The standard InChI is InChI=1S/C13H10OS/c14-8-11-7-10-6-5-9-3-1-2-4-12(9)13(10)15-11/h1-8,10,13H/t10-,13-/m1/s1. The molecule has 1 nitrogen and oxygen atoms in total. The second kappa shape index (κ2) is 3.38. The van der Waals surface area contributed by atoms with Gasteiger partial charge in [0.25, 0.3) is 0 Å². The van der Waals surface area contributed by atoms with Crippen LogP contribution in [0.1, 0.15) is 16.4 Å².